The number of hydrogen-bond acceptors (Lipinski definition) is 7. The van der Waals surface area contributed by atoms with Crippen molar-refractivity contribution in [3.63, 3.8) is 0 Å². The largest absolute Gasteiger partial charge is 0.496 e. The van der Waals surface area contributed by atoms with Crippen LogP contribution in [-0.2, 0) is 0 Å². The van der Waals surface area contributed by atoms with E-state index in [-0.39, 0.29) is 0 Å². The first-order valence-electron chi connectivity index (χ1n) is 11.9. The molecule has 1 heterocycles. The number of methoxy groups -OCH3 is 3. The van der Waals surface area contributed by atoms with Crippen LogP contribution in [0.3, 0.4) is 0 Å². The molecule has 7 heteroatoms. The summed E-state index contributed by atoms with van der Waals surface area (Å²) in [5.41, 5.74) is 3.87. The molecule has 0 spiro atoms. The molecule has 0 amide bonds. The summed E-state index contributed by atoms with van der Waals surface area (Å²) in [7, 11) is 4.93. The van der Waals surface area contributed by atoms with Crippen molar-refractivity contribution in [1.82, 2.24) is 10.7 Å². The maximum absolute atomic E-state index is 5.59. The Bertz CT molecular complexity index is 629. The van der Waals surface area contributed by atoms with E-state index < -0.39 is 0 Å². The van der Waals surface area contributed by atoms with E-state index in [4.69, 9.17) is 14.2 Å². The summed E-state index contributed by atoms with van der Waals surface area (Å²) < 4.78 is 16.5. The van der Waals surface area contributed by atoms with Crippen LogP contribution in [0.15, 0.2) is 17.2 Å². The van der Waals surface area contributed by atoms with Gasteiger partial charge in [-0.2, -0.15) is 5.10 Å². The van der Waals surface area contributed by atoms with Crippen molar-refractivity contribution >= 4 is 12.0 Å². The Kier molecular flexibility index (Phi) is 12.0. The molecule has 0 aromatic heterocycles. The summed E-state index contributed by atoms with van der Waals surface area (Å²) in [5.74, 6) is 2.03. The Morgan fingerprint density at radius 2 is 1.26 bits per heavy atom. The molecule has 0 saturated carbocycles. The van der Waals surface area contributed by atoms with E-state index in [0.29, 0.717) is 17.2 Å². The van der Waals surface area contributed by atoms with Gasteiger partial charge in [0.15, 0.2) is 11.5 Å². The predicted molar refractivity (Wildman–Crippen MR) is 128 cm³/mol. The van der Waals surface area contributed by atoms with Gasteiger partial charge in [-0.25, -0.2) is 10.5 Å². The highest BCUT2D eigenvalue weighted by Gasteiger charge is 2.26. The van der Waals surface area contributed by atoms with Gasteiger partial charge in [-0.3, -0.25) is 0 Å². The third-order valence-corrected chi connectivity index (χ3v) is 5.74. The quantitative estimate of drug-likeness (QED) is 0.308. The number of hydrazine groups is 2. The molecule has 0 radical (unpaired) electrons. The number of unbranched alkanes of at least 4 members (excludes halogenated alkanes) is 11. The Hall–Kier alpha value is -2.15. The molecule has 0 bridgehead atoms. The van der Waals surface area contributed by atoms with Crippen LogP contribution in [0.1, 0.15) is 84.0 Å². The minimum atomic E-state index is 0.672. The minimum absolute atomic E-state index is 0.672. The fourth-order valence-electron chi connectivity index (χ4n) is 3.91. The third kappa shape index (κ3) is 8.13. The van der Waals surface area contributed by atoms with Crippen LogP contribution >= 0.6 is 0 Å². The van der Waals surface area contributed by atoms with E-state index >= 15 is 0 Å². The Balaban J connectivity index is 1.71. The number of benzene rings is 1. The molecule has 0 aliphatic carbocycles. The first-order valence-corrected chi connectivity index (χ1v) is 11.9. The topological polar surface area (TPSA) is 58.6 Å². The number of nitrogens with one attached hydrogen (secondary N) is 1. The van der Waals surface area contributed by atoms with Gasteiger partial charge in [0, 0.05) is 18.7 Å². The summed E-state index contributed by atoms with van der Waals surface area (Å²) >= 11 is 0. The fourth-order valence-corrected chi connectivity index (χ4v) is 3.91. The average molecular weight is 435 g/mol. The Morgan fingerprint density at radius 1 is 0.742 bits per heavy atom. The molecule has 0 fully saturated rings. The van der Waals surface area contributed by atoms with Crippen molar-refractivity contribution in [3.05, 3.63) is 12.1 Å². The van der Waals surface area contributed by atoms with E-state index in [1.807, 2.05) is 22.3 Å². The van der Waals surface area contributed by atoms with E-state index in [9.17, 15) is 0 Å². The normalized spacial score (nSPS) is 13.5. The van der Waals surface area contributed by atoms with Gasteiger partial charge in [0.25, 0.3) is 0 Å². The van der Waals surface area contributed by atoms with E-state index in [1.54, 1.807) is 27.7 Å². The first kappa shape index (κ1) is 25.1. The second-order valence-corrected chi connectivity index (χ2v) is 8.08. The van der Waals surface area contributed by atoms with Crippen LogP contribution in [0.2, 0.25) is 0 Å². The SMILES string of the molecule is CCCCCCCCCCCCCCN1NN=CN1c1c(OC)cc(OC)cc1OC. The smallest absolute Gasteiger partial charge is 0.151 e. The van der Waals surface area contributed by atoms with Crippen molar-refractivity contribution in [3.8, 4) is 17.2 Å². The molecule has 0 atom stereocenters. The standard InChI is InChI=1S/C24H42N4O3/c1-5-6-7-8-9-10-11-12-13-14-15-16-17-28-26-25-20-27(28)24-22(30-3)18-21(29-2)19-23(24)31-4/h18-20,26H,5-17H2,1-4H3. The lowest BCUT2D eigenvalue weighted by Crippen LogP contribution is -2.44. The van der Waals surface area contributed by atoms with Gasteiger partial charge < -0.3 is 14.2 Å². The van der Waals surface area contributed by atoms with Crippen molar-refractivity contribution in [2.75, 3.05) is 32.9 Å². The maximum Gasteiger partial charge on any atom is 0.151 e. The van der Waals surface area contributed by atoms with Crippen LogP contribution in [0.4, 0.5) is 5.69 Å². The molecule has 0 saturated heterocycles. The van der Waals surface area contributed by atoms with Gasteiger partial charge >= 0.3 is 0 Å². The van der Waals surface area contributed by atoms with Gasteiger partial charge in [0.2, 0.25) is 0 Å². The van der Waals surface area contributed by atoms with Crippen molar-refractivity contribution in [1.29, 1.82) is 0 Å². The zero-order valence-corrected chi connectivity index (χ0v) is 20.0. The van der Waals surface area contributed by atoms with Gasteiger partial charge in [0.1, 0.15) is 17.8 Å². The predicted octanol–water partition coefficient (Wildman–Crippen LogP) is 5.90. The summed E-state index contributed by atoms with van der Waals surface area (Å²) in [6.45, 7) is 3.13. The highest BCUT2D eigenvalue weighted by Crippen LogP contribution is 2.42. The summed E-state index contributed by atoms with van der Waals surface area (Å²) in [6, 6.07) is 3.71. The molecule has 31 heavy (non-hydrogen) atoms. The lowest BCUT2D eigenvalue weighted by atomic mass is 10.1. The van der Waals surface area contributed by atoms with Crippen LogP contribution < -0.4 is 24.8 Å². The highest BCUT2D eigenvalue weighted by molar-refractivity contribution is 5.86. The molecular formula is C24H42N4O3. The molecule has 1 aromatic carbocycles. The number of rotatable bonds is 17. The maximum atomic E-state index is 5.59. The molecule has 7 nitrogen and oxygen atoms in total. The van der Waals surface area contributed by atoms with E-state index in [1.165, 1.54) is 70.6 Å². The van der Waals surface area contributed by atoms with Crippen molar-refractivity contribution < 1.29 is 14.2 Å². The van der Waals surface area contributed by atoms with Crippen molar-refractivity contribution in [2.24, 2.45) is 5.10 Å². The summed E-state index contributed by atoms with van der Waals surface area (Å²) in [4.78, 5) is 0. The van der Waals surface area contributed by atoms with Crippen LogP contribution in [0, 0.1) is 0 Å². The number of nitrogens with zero attached hydrogens (tertiary/aromatic N) is 3. The molecule has 1 aromatic rings. The highest BCUT2D eigenvalue weighted by atomic mass is 16.5. The average Bonchev–Trinajstić information content (AvgIpc) is 3.26. The lowest BCUT2D eigenvalue weighted by molar-refractivity contribution is 0.214. The summed E-state index contributed by atoms with van der Waals surface area (Å²) in [5, 5.41) is 8.16. The molecule has 0 unspecified atom stereocenters. The van der Waals surface area contributed by atoms with E-state index in [2.05, 4.69) is 17.6 Å². The van der Waals surface area contributed by atoms with Gasteiger partial charge in [-0.15, -0.1) is 5.12 Å². The Morgan fingerprint density at radius 3 is 1.74 bits per heavy atom. The molecule has 1 aliphatic rings. The number of anilines is 1. The van der Waals surface area contributed by atoms with Gasteiger partial charge in [-0.1, -0.05) is 77.6 Å². The van der Waals surface area contributed by atoms with Crippen LogP contribution in [-0.4, -0.2) is 39.3 Å². The van der Waals surface area contributed by atoms with Crippen LogP contribution in [0.25, 0.3) is 0 Å². The molecular weight excluding hydrogens is 392 g/mol. The third-order valence-electron chi connectivity index (χ3n) is 5.74. The first-order chi connectivity index (χ1) is 15.2. The molecule has 176 valence electrons. The van der Waals surface area contributed by atoms with E-state index in [0.717, 1.165) is 18.7 Å². The van der Waals surface area contributed by atoms with Crippen LogP contribution in [0.5, 0.6) is 17.2 Å². The number of ether oxygens (including phenoxy) is 3. The molecule has 1 N–H and O–H groups in total. The molecule has 1 aliphatic heterocycles. The monoisotopic (exact) mass is 434 g/mol. The van der Waals surface area contributed by atoms with Crippen molar-refractivity contribution in [2.45, 2.75) is 84.0 Å². The second kappa shape index (κ2) is 14.8. The number of hydrogen-bond donors (Lipinski definition) is 1. The summed E-state index contributed by atoms with van der Waals surface area (Å²) in [6.07, 6.45) is 17.8. The van der Waals surface area contributed by atoms with Gasteiger partial charge in [-0.05, 0) is 6.42 Å². The Labute approximate surface area is 188 Å². The lowest BCUT2D eigenvalue weighted by Gasteiger charge is -2.29. The zero-order chi connectivity index (χ0) is 22.3. The second-order valence-electron chi connectivity index (χ2n) is 8.08. The fraction of sp³-hybridized carbons (Fsp3) is 0.708. The minimum Gasteiger partial charge on any atom is -0.496 e. The molecule has 2 rings (SSSR count). The van der Waals surface area contributed by atoms with Gasteiger partial charge in [0.05, 0.1) is 21.3 Å². The number of hydrazone groups is 1. The zero-order valence-electron chi connectivity index (χ0n) is 20.0.